The maximum absolute atomic E-state index is 12.5. The normalized spacial score (nSPS) is 11.8. The van der Waals surface area contributed by atoms with Gasteiger partial charge in [-0.25, -0.2) is 8.42 Å². The fourth-order valence-electron chi connectivity index (χ4n) is 2.35. The number of nitrogens with one attached hydrogen (secondary N) is 2. The van der Waals surface area contributed by atoms with E-state index in [9.17, 15) is 8.42 Å². The summed E-state index contributed by atoms with van der Waals surface area (Å²) in [5.41, 5.74) is 1.43. The fraction of sp³-hybridized carbons (Fsp3) is 0.176. The van der Waals surface area contributed by atoms with Crippen molar-refractivity contribution in [2.45, 2.75) is 24.8 Å². The molecule has 0 aliphatic heterocycles. The molecule has 0 saturated heterocycles. The number of benzene rings is 2. The largest absolute Gasteiger partial charge is 0.491 e. The zero-order valence-electron chi connectivity index (χ0n) is 12.9. The summed E-state index contributed by atoms with van der Waals surface area (Å²) in [5, 5.41) is 0.829. The molecule has 0 aliphatic rings. The van der Waals surface area contributed by atoms with Crippen molar-refractivity contribution >= 4 is 26.6 Å². The first-order valence-corrected chi connectivity index (χ1v) is 8.80. The average molecular weight is 330 g/mol. The Bertz CT molecular complexity index is 912. The molecule has 0 unspecified atom stereocenters. The van der Waals surface area contributed by atoms with Crippen LogP contribution in [-0.2, 0) is 10.0 Å². The minimum Gasteiger partial charge on any atom is -0.491 e. The Hall–Kier alpha value is -2.47. The van der Waals surface area contributed by atoms with Gasteiger partial charge in [-0.05, 0) is 56.3 Å². The molecule has 23 heavy (non-hydrogen) atoms. The Kier molecular flexibility index (Phi) is 4.00. The van der Waals surface area contributed by atoms with Crippen LogP contribution in [0.15, 0.2) is 59.6 Å². The van der Waals surface area contributed by atoms with E-state index < -0.39 is 10.0 Å². The van der Waals surface area contributed by atoms with E-state index in [1.54, 1.807) is 30.5 Å². The molecule has 0 saturated carbocycles. The van der Waals surface area contributed by atoms with Crippen LogP contribution in [0.2, 0.25) is 0 Å². The van der Waals surface area contributed by atoms with Gasteiger partial charge in [0.05, 0.1) is 16.7 Å². The maximum Gasteiger partial charge on any atom is 0.261 e. The molecular weight excluding hydrogens is 312 g/mol. The monoisotopic (exact) mass is 330 g/mol. The van der Waals surface area contributed by atoms with Gasteiger partial charge in [-0.15, -0.1) is 0 Å². The number of H-pyrrole nitrogens is 1. The van der Waals surface area contributed by atoms with Crippen LogP contribution in [0.3, 0.4) is 0 Å². The van der Waals surface area contributed by atoms with Crippen LogP contribution in [0.5, 0.6) is 5.75 Å². The molecule has 0 aliphatic carbocycles. The molecule has 0 spiro atoms. The lowest BCUT2D eigenvalue weighted by Crippen LogP contribution is -2.13. The summed E-state index contributed by atoms with van der Waals surface area (Å²) in [6, 6.07) is 13.7. The number of aromatic nitrogens is 1. The second-order valence-corrected chi connectivity index (χ2v) is 7.17. The van der Waals surface area contributed by atoms with Crippen molar-refractivity contribution in [3.63, 3.8) is 0 Å². The van der Waals surface area contributed by atoms with Crippen LogP contribution >= 0.6 is 0 Å². The van der Waals surface area contributed by atoms with Crippen molar-refractivity contribution in [1.29, 1.82) is 0 Å². The molecule has 120 valence electrons. The lowest BCUT2D eigenvalue weighted by molar-refractivity contribution is 0.242. The quantitative estimate of drug-likeness (QED) is 0.748. The summed E-state index contributed by atoms with van der Waals surface area (Å²) < 4.78 is 33.2. The number of anilines is 1. The van der Waals surface area contributed by atoms with Crippen molar-refractivity contribution in [2.75, 3.05) is 4.72 Å². The Morgan fingerprint density at radius 3 is 2.48 bits per heavy atom. The van der Waals surface area contributed by atoms with E-state index in [0.29, 0.717) is 11.4 Å². The second-order valence-electron chi connectivity index (χ2n) is 5.49. The van der Waals surface area contributed by atoms with Gasteiger partial charge in [-0.1, -0.05) is 6.07 Å². The molecule has 2 aromatic carbocycles. The zero-order chi connectivity index (χ0) is 16.4. The van der Waals surface area contributed by atoms with Gasteiger partial charge >= 0.3 is 0 Å². The second kappa shape index (κ2) is 5.96. The zero-order valence-corrected chi connectivity index (χ0v) is 13.7. The van der Waals surface area contributed by atoms with E-state index in [-0.39, 0.29) is 11.0 Å². The highest BCUT2D eigenvalue weighted by Crippen LogP contribution is 2.25. The summed E-state index contributed by atoms with van der Waals surface area (Å²) in [6.45, 7) is 3.84. The lowest BCUT2D eigenvalue weighted by atomic mass is 10.2. The smallest absolute Gasteiger partial charge is 0.261 e. The number of sulfonamides is 1. The number of ether oxygens (including phenoxy) is 1. The van der Waals surface area contributed by atoms with Gasteiger partial charge in [0.1, 0.15) is 5.75 Å². The first-order chi connectivity index (χ1) is 11.0. The first kappa shape index (κ1) is 15.4. The third-order valence-electron chi connectivity index (χ3n) is 3.35. The highest BCUT2D eigenvalue weighted by atomic mass is 32.2. The molecular formula is C17H18N2O3S. The number of hydrogen-bond acceptors (Lipinski definition) is 3. The summed E-state index contributed by atoms with van der Waals surface area (Å²) in [5.74, 6) is 0.645. The van der Waals surface area contributed by atoms with E-state index >= 15 is 0 Å². The summed E-state index contributed by atoms with van der Waals surface area (Å²) >= 11 is 0. The molecule has 6 heteroatoms. The highest BCUT2D eigenvalue weighted by molar-refractivity contribution is 7.92. The predicted octanol–water partition coefficient (Wildman–Crippen LogP) is 3.76. The molecule has 5 nitrogen and oxygen atoms in total. The summed E-state index contributed by atoms with van der Waals surface area (Å²) in [6.07, 6.45) is 1.82. The van der Waals surface area contributed by atoms with E-state index in [2.05, 4.69) is 9.71 Å². The van der Waals surface area contributed by atoms with Crippen molar-refractivity contribution in [1.82, 2.24) is 4.98 Å². The standard InChI is InChI=1S/C17H18N2O3S/c1-12(2)22-13-6-8-14(9-7-13)23(20,21)19-17-5-3-4-16-15(17)10-11-18-16/h3-12,18-19H,1-2H3. The molecule has 3 aromatic rings. The molecule has 0 fully saturated rings. The van der Waals surface area contributed by atoms with Gasteiger partial charge in [-0.2, -0.15) is 0 Å². The minimum absolute atomic E-state index is 0.0433. The third kappa shape index (κ3) is 3.32. The van der Waals surface area contributed by atoms with E-state index in [1.807, 2.05) is 26.0 Å². The van der Waals surface area contributed by atoms with Crippen molar-refractivity contribution in [2.24, 2.45) is 0 Å². The Balaban J connectivity index is 1.88. The predicted molar refractivity (Wildman–Crippen MR) is 91.3 cm³/mol. The first-order valence-electron chi connectivity index (χ1n) is 7.31. The molecule has 2 N–H and O–H groups in total. The van der Waals surface area contributed by atoms with Gasteiger partial charge in [-0.3, -0.25) is 4.72 Å². The van der Waals surface area contributed by atoms with Crippen LogP contribution in [0.25, 0.3) is 10.9 Å². The third-order valence-corrected chi connectivity index (χ3v) is 4.73. The molecule has 1 aromatic heterocycles. The minimum atomic E-state index is -3.65. The molecule has 3 rings (SSSR count). The summed E-state index contributed by atoms with van der Waals surface area (Å²) in [7, 11) is -3.65. The van der Waals surface area contributed by atoms with E-state index in [0.717, 1.165) is 10.9 Å². The van der Waals surface area contributed by atoms with Gasteiger partial charge in [0.2, 0.25) is 0 Å². The van der Waals surface area contributed by atoms with Crippen LogP contribution in [-0.4, -0.2) is 19.5 Å². The van der Waals surface area contributed by atoms with Crippen LogP contribution < -0.4 is 9.46 Å². The topological polar surface area (TPSA) is 71.2 Å². The van der Waals surface area contributed by atoms with Crippen molar-refractivity contribution in [3.8, 4) is 5.75 Å². The van der Waals surface area contributed by atoms with Crippen molar-refractivity contribution < 1.29 is 13.2 Å². The summed E-state index contributed by atoms with van der Waals surface area (Å²) in [4.78, 5) is 3.26. The van der Waals surface area contributed by atoms with Crippen LogP contribution in [0.1, 0.15) is 13.8 Å². The Morgan fingerprint density at radius 1 is 1.04 bits per heavy atom. The fourth-order valence-corrected chi connectivity index (χ4v) is 3.43. The Morgan fingerprint density at radius 2 is 1.78 bits per heavy atom. The molecule has 1 heterocycles. The highest BCUT2D eigenvalue weighted by Gasteiger charge is 2.16. The number of rotatable bonds is 5. The molecule has 0 amide bonds. The van der Waals surface area contributed by atoms with Gasteiger partial charge in [0.25, 0.3) is 10.0 Å². The molecule has 0 bridgehead atoms. The van der Waals surface area contributed by atoms with E-state index in [1.165, 1.54) is 12.1 Å². The lowest BCUT2D eigenvalue weighted by Gasteiger charge is -2.12. The Labute approximate surface area is 135 Å². The van der Waals surface area contributed by atoms with Gasteiger partial charge in [0, 0.05) is 17.1 Å². The van der Waals surface area contributed by atoms with Crippen LogP contribution in [0.4, 0.5) is 5.69 Å². The van der Waals surface area contributed by atoms with E-state index in [4.69, 9.17) is 4.74 Å². The SMILES string of the molecule is CC(C)Oc1ccc(S(=O)(=O)Nc2cccc3[nH]ccc23)cc1. The number of aromatic amines is 1. The molecule has 0 atom stereocenters. The van der Waals surface area contributed by atoms with Crippen LogP contribution in [0, 0.1) is 0 Å². The van der Waals surface area contributed by atoms with Gasteiger partial charge in [0.15, 0.2) is 0 Å². The average Bonchev–Trinajstić information content (AvgIpc) is 2.96. The molecule has 0 radical (unpaired) electrons. The number of fused-ring (bicyclic) bond motifs is 1. The van der Waals surface area contributed by atoms with Crippen molar-refractivity contribution in [3.05, 3.63) is 54.7 Å². The number of hydrogen-bond donors (Lipinski definition) is 2. The van der Waals surface area contributed by atoms with Gasteiger partial charge < -0.3 is 9.72 Å². The maximum atomic E-state index is 12.5.